The molecule has 1 rings (SSSR count). The van der Waals surface area contributed by atoms with Crippen LogP contribution >= 0.6 is 7.82 Å². The van der Waals surface area contributed by atoms with Crippen molar-refractivity contribution in [2.75, 3.05) is 19.8 Å². The molecule has 0 radical (unpaired) electrons. The maximum atomic E-state index is 12.9. The molecule has 0 aromatic heterocycles. The zero-order valence-corrected chi connectivity index (χ0v) is 45.3. The van der Waals surface area contributed by atoms with Gasteiger partial charge in [0.15, 0.2) is 0 Å². The number of hydrogen-bond acceptors (Lipinski definition) is 11. The number of esters is 1. The molecule has 6 atom stereocenters. The molecule has 0 saturated heterocycles. The Labute approximate surface area is 422 Å². The van der Waals surface area contributed by atoms with Crippen LogP contribution in [0.5, 0.6) is 0 Å². The Morgan fingerprint density at radius 2 is 0.768 bits per heavy atom. The molecule has 69 heavy (non-hydrogen) atoms. The third kappa shape index (κ3) is 38.3. The maximum absolute atomic E-state index is 12.9. The first-order chi connectivity index (χ1) is 33.5. The van der Waals surface area contributed by atoms with Gasteiger partial charge in [-0.15, -0.1) is 0 Å². The second-order valence-corrected chi connectivity index (χ2v) is 21.9. The standard InChI is InChI=1S/C56H109O12P/c1-3-5-7-9-11-13-15-17-19-21-23-24-25-26-27-29-31-33-35-37-39-41-43-45-50(57)67-49(48-66-69(63,64)68-56-54(61)52(59)51(58)53(60)55(56)62)47-65-46-44-42-40-38-36-34-32-30-28-22-20-18-16-14-12-10-8-6-4-2/h21,23,49,51-56,58-62H,3-20,22,24-48H2,1-2H3,(H,63,64)/b23-21-. The molecule has 0 spiro atoms. The van der Waals surface area contributed by atoms with Crippen LogP contribution in [0.15, 0.2) is 12.2 Å². The van der Waals surface area contributed by atoms with Crippen molar-refractivity contribution in [3.8, 4) is 0 Å². The Hall–Kier alpha value is -0.920. The lowest BCUT2D eigenvalue weighted by atomic mass is 9.85. The third-order valence-electron chi connectivity index (χ3n) is 13.9. The van der Waals surface area contributed by atoms with E-state index in [0.717, 1.165) is 38.5 Å². The molecule has 1 aliphatic carbocycles. The Kier molecular flexibility index (Phi) is 44.9. The van der Waals surface area contributed by atoms with Crippen molar-refractivity contribution >= 4 is 13.8 Å². The van der Waals surface area contributed by atoms with Gasteiger partial charge in [-0.3, -0.25) is 13.8 Å². The van der Waals surface area contributed by atoms with Gasteiger partial charge in [-0.25, -0.2) is 4.57 Å². The molecule has 1 fully saturated rings. The smallest absolute Gasteiger partial charge is 0.457 e. The van der Waals surface area contributed by atoms with Crippen molar-refractivity contribution in [1.82, 2.24) is 0 Å². The first-order valence-electron chi connectivity index (χ1n) is 29.0. The Morgan fingerprint density at radius 1 is 0.449 bits per heavy atom. The zero-order valence-electron chi connectivity index (χ0n) is 44.4. The van der Waals surface area contributed by atoms with Crippen LogP contribution in [0.1, 0.15) is 277 Å². The molecule has 1 aliphatic rings. The molecule has 0 aromatic rings. The van der Waals surface area contributed by atoms with E-state index in [0.29, 0.717) is 13.0 Å². The van der Waals surface area contributed by atoms with E-state index in [4.69, 9.17) is 18.5 Å². The number of ether oxygens (including phenoxy) is 2. The molecule has 1 saturated carbocycles. The van der Waals surface area contributed by atoms with Gasteiger partial charge >= 0.3 is 13.8 Å². The average molecular weight is 1010 g/mol. The second-order valence-electron chi connectivity index (χ2n) is 20.5. The third-order valence-corrected chi connectivity index (χ3v) is 14.9. The minimum Gasteiger partial charge on any atom is -0.457 e. The number of allylic oxidation sites excluding steroid dienone is 2. The summed E-state index contributed by atoms with van der Waals surface area (Å²) in [5, 5.41) is 50.4. The lowest BCUT2D eigenvalue weighted by molar-refractivity contribution is -0.220. The van der Waals surface area contributed by atoms with Gasteiger partial charge in [-0.05, 0) is 38.5 Å². The van der Waals surface area contributed by atoms with Crippen LogP contribution < -0.4 is 0 Å². The number of hydrogen-bond donors (Lipinski definition) is 6. The van der Waals surface area contributed by atoms with E-state index in [1.54, 1.807) is 0 Å². The largest absolute Gasteiger partial charge is 0.472 e. The number of phosphoric ester groups is 1. The van der Waals surface area contributed by atoms with Crippen LogP contribution in [0.2, 0.25) is 0 Å². The summed E-state index contributed by atoms with van der Waals surface area (Å²) in [4.78, 5) is 23.3. The number of unbranched alkanes of at least 4 members (excludes halogenated alkanes) is 37. The summed E-state index contributed by atoms with van der Waals surface area (Å²) >= 11 is 0. The maximum Gasteiger partial charge on any atom is 0.472 e. The number of carbonyl (C=O) groups is 1. The summed E-state index contributed by atoms with van der Waals surface area (Å²) in [5.41, 5.74) is 0. The van der Waals surface area contributed by atoms with Gasteiger partial charge in [0.2, 0.25) is 0 Å². The van der Waals surface area contributed by atoms with Crippen LogP contribution in [0, 0.1) is 0 Å². The first-order valence-corrected chi connectivity index (χ1v) is 30.5. The number of aliphatic hydroxyl groups excluding tert-OH is 5. The van der Waals surface area contributed by atoms with Crippen molar-refractivity contribution in [1.29, 1.82) is 0 Å². The summed E-state index contributed by atoms with van der Waals surface area (Å²) in [6, 6.07) is 0. The van der Waals surface area contributed by atoms with E-state index in [1.807, 2.05) is 0 Å². The molecule has 0 bridgehead atoms. The minimum absolute atomic E-state index is 0.0699. The van der Waals surface area contributed by atoms with Crippen LogP contribution in [0.25, 0.3) is 0 Å². The predicted molar refractivity (Wildman–Crippen MR) is 281 cm³/mol. The minimum atomic E-state index is -5.02. The van der Waals surface area contributed by atoms with Gasteiger partial charge in [-0.1, -0.05) is 244 Å². The lowest BCUT2D eigenvalue weighted by Gasteiger charge is -2.41. The van der Waals surface area contributed by atoms with Crippen molar-refractivity contribution in [2.24, 2.45) is 0 Å². The Bertz CT molecular complexity index is 1190. The second kappa shape index (κ2) is 46.8. The average Bonchev–Trinajstić information content (AvgIpc) is 3.34. The van der Waals surface area contributed by atoms with E-state index in [9.17, 15) is 39.8 Å². The number of phosphoric acid groups is 1. The highest BCUT2D eigenvalue weighted by Crippen LogP contribution is 2.47. The Morgan fingerprint density at radius 3 is 1.14 bits per heavy atom. The summed E-state index contributed by atoms with van der Waals surface area (Å²) in [7, 11) is -5.02. The SMILES string of the molecule is CCCCCCCCCC/C=C\CCCCCCCCCCCCCC(=O)OC(COCCCCCCCCCCCCCCCCCCCCC)COP(=O)(O)OC1C(O)C(O)C(O)C(O)C1O. The van der Waals surface area contributed by atoms with Gasteiger partial charge in [0.05, 0.1) is 13.2 Å². The van der Waals surface area contributed by atoms with Crippen molar-refractivity contribution < 1.29 is 58.3 Å². The van der Waals surface area contributed by atoms with E-state index in [1.165, 1.54) is 212 Å². The normalized spacial score (nSPS) is 21.0. The van der Waals surface area contributed by atoms with Crippen molar-refractivity contribution in [2.45, 2.75) is 320 Å². The zero-order chi connectivity index (χ0) is 50.5. The van der Waals surface area contributed by atoms with Gasteiger partial charge in [-0.2, -0.15) is 0 Å². The monoisotopic (exact) mass is 1000 g/mol. The van der Waals surface area contributed by atoms with Crippen LogP contribution in [-0.4, -0.2) is 98.9 Å². The summed E-state index contributed by atoms with van der Waals surface area (Å²) in [6.07, 6.45) is 42.8. The molecule has 12 nitrogen and oxygen atoms in total. The fourth-order valence-corrected chi connectivity index (χ4v) is 10.3. The van der Waals surface area contributed by atoms with E-state index < -0.39 is 63.1 Å². The summed E-state index contributed by atoms with van der Waals surface area (Å²) < 4.78 is 34.4. The van der Waals surface area contributed by atoms with E-state index in [-0.39, 0.29) is 13.0 Å². The first kappa shape index (κ1) is 66.1. The molecule has 0 heterocycles. The highest BCUT2D eigenvalue weighted by atomic mass is 31.2. The highest BCUT2D eigenvalue weighted by molar-refractivity contribution is 7.47. The fraction of sp³-hybridized carbons (Fsp3) is 0.946. The highest BCUT2D eigenvalue weighted by Gasteiger charge is 2.51. The lowest BCUT2D eigenvalue weighted by Crippen LogP contribution is -2.64. The molecule has 410 valence electrons. The van der Waals surface area contributed by atoms with Crippen molar-refractivity contribution in [3.05, 3.63) is 12.2 Å². The van der Waals surface area contributed by atoms with E-state index >= 15 is 0 Å². The van der Waals surface area contributed by atoms with Crippen LogP contribution in [0.3, 0.4) is 0 Å². The topological polar surface area (TPSA) is 192 Å². The van der Waals surface area contributed by atoms with Gasteiger partial charge < -0.3 is 39.9 Å². The summed E-state index contributed by atoms with van der Waals surface area (Å²) in [5.74, 6) is -0.471. The van der Waals surface area contributed by atoms with Crippen molar-refractivity contribution in [3.63, 3.8) is 0 Å². The van der Waals surface area contributed by atoms with Gasteiger partial charge in [0.1, 0.15) is 42.7 Å². The Balaban J connectivity index is 2.27. The van der Waals surface area contributed by atoms with E-state index in [2.05, 4.69) is 26.0 Å². The molecule has 6 N–H and O–H groups in total. The molecule has 0 amide bonds. The molecular weight excluding hydrogens is 896 g/mol. The predicted octanol–water partition coefficient (Wildman–Crippen LogP) is 13.8. The number of rotatable bonds is 51. The van der Waals surface area contributed by atoms with Crippen LogP contribution in [-0.2, 0) is 27.9 Å². The van der Waals surface area contributed by atoms with Crippen LogP contribution in [0.4, 0.5) is 0 Å². The fourth-order valence-electron chi connectivity index (χ4n) is 9.30. The van der Waals surface area contributed by atoms with Gasteiger partial charge in [0, 0.05) is 13.0 Å². The molecule has 0 aromatic carbocycles. The van der Waals surface area contributed by atoms with Gasteiger partial charge in [0.25, 0.3) is 0 Å². The summed E-state index contributed by atoms with van der Waals surface area (Å²) in [6.45, 7) is 4.33. The molecule has 6 unspecified atom stereocenters. The molecule has 0 aliphatic heterocycles. The quantitative estimate of drug-likeness (QED) is 0.0146. The number of carbonyl (C=O) groups excluding carboxylic acids is 1. The number of aliphatic hydroxyl groups is 5. The molecule has 13 heteroatoms. The molecular formula is C56H109O12P.